The molecule has 1 N–H and O–H groups in total. The first kappa shape index (κ1) is 17.3. The number of alkyl carbamates (subject to hydrolysis) is 1. The first-order valence-corrected chi connectivity index (χ1v) is 6.63. The SMILES string of the molecule is C[C@@H](CNC(=O)OC(C)(C)C)c1cccc(C(F)(F)F)c1. The molecule has 1 rings (SSSR count). The summed E-state index contributed by atoms with van der Waals surface area (Å²) in [6.07, 6.45) is -4.95. The Balaban J connectivity index is 2.64. The number of benzene rings is 1. The molecule has 0 unspecified atom stereocenters. The fraction of sp³-hybridized carbons (Fsp3) is 0.533. The molecule has 118 valence electrons. The van der Waals surface area contributed by atoms with Crippen molar-refractivity contribution in [3.05, 3.63) is 35.4 Å². The molecule has 21 heavy (non-hydrogen) atoms. The van der Waals surface area contributed by atoms with Crippen LogP contribution in [-0.2, 0) is 10.9 Å². The summed E-state index contributed by atoms with van der Waals surface area (Å²) in [5.74, 6) is -0.250. The van der Waals surface area contributed by atoms with Crippen LogP contribution in [0.25, 0.3) is 0 Å². The molecule has 0 aromatic heterocycles. The minimum atomic E-state index is -4.37. The van der Waals surface area contributed by atoms with E-state index in [1.165, 1.54) is 6.07 Å². The molecule has 0 aliphatic rings. The van der Waals surface area contributed by atoms with E-state index in [9.17, 15) is 18.0 Å². The molecule has 0 aliphatic carbocycles. The minimum Gasteiger partial charge on any atom is -0.444 e. The van der Waals surface area contributed by atoms with E-state index in [1.807, 2.05) is 0 Å². The minimum absolute atomic E-state index is 0.205. The smallest absolute Gasteiger partial charge is 0.416 e. The molecule has 0 fully saturated rings. The predicted octanol–water partition coefficient (Wildman–Crippen LogP) is 4.33. The quantitative estimate of drug-likeness (QED) is 0.902. The van der Waals surface area contributed by atoms with Gasteiger partial charge in [-0.05, 0) is 38.3 Å². The highest BCUT2D eigenvalue weighted by atomic mass is 19.4. The fourth-order valence-electron chi connectivity index (χ4n) is 1.69. The Morgan fingerprint density at radius 1 is 1.29 bits per heavy atom. The van der Waals surface area contributed by atoms with Gasteiger partial charge in [-0.25, -0.2) is 4.79 Å². The van der Waals surface area contributed by atoms with Crippen molar-refractivity contribution < 1.29 is 22.7 Å². The zero-order valence-electron chi connectivity index (χ0n) is 12.5. The van der Waals surface area contributed by atoms with Gasteiger partial charge >= 0.3 is 12.3 Å². The van der Waals surface area contributed by atoms with Crippen LogP contribution in [-0.4, -0.2) is 18.2 Å². The zero-order chi connectivity index (χ0) is 16.3. The summed E-state index contributed by atoms with van der Waals surface area (Å²) in [7, 11) is 0. The number of hydrogen-bond donors (Lipinski definition) is 1. The van der Waals surface area contributed by atoms with Gasteiger partial charge in [-0.3, -0.25) is 0 Å². The van der Waals surface area contributed by atoms with Gasteiger partial charge in [0.05, 0.1) is 5.56 Å². The van der Waals surface area contributed by atoms with Gasteiger partial charge in [-0.15, -0.1) is 0 Å². The zero-order valence-corrected chi connectivity index (χ0v) is 12.5. The van der Waals surface area contributed by atoms with Crippen LogP contribution in [0.2, 0.25) is 0 Å². The van der Waals surface area contributed by atoms with Gasteiger partial charge in [0.2, 0.25) is 0 Å². The fourth-order valence-corrected chi connectivity index (χ4v) is 1.69. The van der Waals surface area contributed by atoms with E-state index in [1.54, 1.807) is 33.8 Å². The normalized spacial score (nSPS) is 13.7. The summed E-state index contributed by atoms with van der Waals surface area (Å²) in [6.45, 7) is 7.16. The number of nitrogens with one attached hydrogen (secondary N) is 1. The molecule has 6 heteroatoms. The summed E-state index contributed by atoms with van der Waals surface area (Å²) in [4.78, 5) is 11.5. The lowest BCUT2D eigenvalue weighted by atomic mass is 9.99. The van der Waals surface area contributed by atoms with Crippen LogP contribution in [0, 0.1) is 0 Å². The number of amides is 1. The van der Waals surface area contributed by atoms with E-state index in [0.29, 0.717) is 5.56 Å². The Morgan fingerprint density at radius 3 is 2.43 bits per heavy atom. The van der Waals surface area contributed by atoms with E-state index >= 15 is 0 Å². The van der Waals surface area contributed by atoms with Crippen molar-refractivity contribution in [1.82, 2.24) is 5.32 Å². The third kappa shape index (κ3) is 6.06. The molecule has 0 saturated heterocycles. The second-order valence-corrected chi connectivity index (χ2v) is 5.91. The highest BCUT2D eigenvalue weighted by molar-refractivity contribution is 5.67. The summed E-state index contributed by atoms with van der Waals surface area (Å²) in [6, 6.07) is 5.10. The van der Waals surface area contributed by atoms with Crippen molar-refractivity contribution in [2.45, 2.75) is 45.4 Å². The van der Waals surface area contributed by atoms with Gasteiger partial charge in [0.25, 0.3) is 0 Å². The summed E-state index contributed by atoms with van der Waals surface area (Å²) in [5.41, 5.74) is -0.784. The molecule has 1 aromatic carbocycles. The number of carbonyl (C=O) groups is 1. The third-order valence-electron chi connectivity index (χ3n) is 2.73. The highest BCUT2D eigenvalue weighted by Crippen LogP contribution is 2.30. The van der Waals surface area contributed by atoms with Crippen molar-refractivity contribution >= 4 is 6.09 Å². The lowest BCUT2D eigenvalue weighted by Gasteiger charge is -2.21. The number of carbonyl (C=O) groups excluding carboxylic acids is 1. The van der Waals surface area contributed by atoms with E-state index in [4.69, 9.17) is 4.74 Å². The third-order valence-corrected chi connectivity index (χ3v) is 2.73. The molecule has 0 heterocycles. The van der Waals surface area contributed by atoms with Crippen LogP contribution in [0.3, 0.4) is 0 Å². The Bertz CT molecular complexity index is 492. The summed E-state index contributed by atoms with van der Waals surface area (Å²) < 4.78 is 43.0. The van der Waals surface area contributed by atoms with Crippen LogP contribution < -0.4 is 5.32 Å². The largest absolute Gasteiger partial charge is 0.444 e. The Kier molecular flexibility index (Phi) is 5.25. The van der Waals surface area contributed by atoms with Crippen LogP contribution in [0.4, 0.5) is 18.0 Å². The second kappa shape index (κ2) is 6.37. The number of halogens is 3. The van der Waals surface area contributed by atoms with Crippen LogP contribution in [0.5, 0.6) is 0 Å². The standard InChI is InChI=1S/C15H20F3NO2/c1-10(9-19-13(20)21-14(2,3)4)11-6-5-7-12(8-11)15(16,17)18/h5-8,10H,9H2,1-4H3,(H,19,20)/t10-/m0/s1. The van der Waals surface area contributed by atoms with Gasteiger partial charge in [0, 0.05) is 6.54 Å². The molecule has 0 saturated carbocycles. The number of ether oxygens (including phenoxy) is 1. The number of rotatable bonds is 3. The molecule has 3 nitrogen and oxygen atoms in total. The number of alkyl halides is 3. The van der Waals surface area contributed by atoms with Crippen LogP contribution >= 0.6 is 0 Å². The monoisotopic (exact) mass is 303 g/mol. The van der Waals surface area contributed by atoms with Crippen molar-refractivity contribution in [3.8, 4) is 0 Å². The molecule has 0 spiro atoms. The first-order valence-electron chi connectivity index (χ1n) is 6.63. The number of hydrogen-bond acceptors (Lipinski definition) is 2. The Labute approximate surface area is 122 Å². The van der Waals surface area contributed by atoms with Crippen molar-refractivity contribution in [1.29, 1.82) is 0 Å². The lowest BCUT2D eigenvalue weighted by Crippen LogP contribution is -2.34. The van der Waals surface area contributed by atoms with E-state index in [0.717, 1.165) is 12.1 Å². The van der Waals surface area contributed by atoms with E-state index in [-0.39, 0.29) is 12.5 Å². The van der Waals surface area contributed by atoms with E-state index in [2.05, 4.69) is 5.32 Å². The topological polar surface area (TPSA) is 38.3 Å². The highest BCUT2D eigenvalue weighted by Gasteiger charge is 2.30. The first-order chi connectivity index (χ1) is 9.49. The van der Waals surface area contributed by atoms with Crippen molar-refractivity contribution in [2.24, 2.45) is 0 Å². The molecule has 1 aromatic rings. The van der Waals surface area contributed by atoms with Crippen LogP contribution in [0.15, 0.2) is 24.3 Å². The van der Waals surface area contributed by atoms with Gasteiger partial charge in [-0.1, -0.05) is 25.1 Å². The average Bonchev–Trinajstić information content (AvgIpc) is 2.33. The molecule has 1 amide bonds. The molecular weight excluding hydrogens is 283 g/mol. The van der Waals surface area contributed by atoms with Crippen LogP contribution in [0.1, 0.15) is 44.7 Å². The van der Waals surface area contributed by atoms with Gasteiger partial charge in [0.1, 0.15) is 5.60 Å². The summed E-state index contributed by atoms with van der Waals surface area (Å²) in [5, 5.41) is 2.55. The van der Waals surface area contributed by atoms with Gasteiger partial charge in [0.15, 0.2) is 0 Å². The second-order valence-electron chi connectivity index (χ2n) is 5.91. The van der Waals surface area contributed by atoms with Gasteiger partial charge < -0.3 is 10.1 Å². The van der Waals surface area contributed by atoms with Crippen molar-refractivity contribution in [3.63, 3.8) is 0 Å². The Morgan fingerprint density at radius 2 is 1.90 bits per heavy atom. The lowest BCUT2D eigenvalue weighted by molar-refractivity contribution is -0.137. The van der Waals surface area contributed by atoms with E-state index < -0.39 is 23.4 Å². The van der Waals surface area contributed by atoms with Crippen molar-refractivity contribution in [2.75, 3.05) is 6.54 Å². The molecule has 0 radical (unpaired) electrons. The maximum atomic E-state index is 12.6. The van der Waals surface area contributed by atoms with Gasteiger partial charge in [-0.2, -0.15) is 13.2 Å². The maximum absolute atomic E-state index is 12.6. The molecular formula is C15H20F3NO2. The average molecular weight is 303 g/mol. The molecule has 0 aliphatic heterocycles. The molecule has 0 bridgehead atoms. The predicted molar refractivity (Wildman–Crippen MR) is 74.1 cm³/mol. The maximum Gasteiger partial charge on any atom is 0.416 e. The summed E-state index contributed by atoms with van der Waals surface area (Å²) >= 11 is 0. The molecule has 1 atom stereocenters. The Hall–Kier alpha value is -1.72.